The molecule has 0 bridgehead atoms. The van der Waals surface area contributed by atoms with Crippen LogP contribution in [0.4, 0.5) is 0 Å². The highest BCUT2D eigenvalue weighted by molar-refractivity contribution is 5.96. The largest absolute Gasteiger partial charge is 0.493 e. The quantitative estimate of drug-likeness (QED) is 0.678. The molecule has 1 aromatic carbocycles. The highest BCUT2D eigenvalue weighted by atomic mass is 16.5. The lowest BCUT2D eigenvalue weighted by molar-refractivity contribution is -0.123. The Morgan fingerprint density at radius 3 is 2.58 bits per heavy atom. The van der Waals surface area contributed by atoms with Crippen molar-refractivity contribution in [2.75, 3.05) is 14.2 Å². The van der Waals surface area contributed by atoms with Crippen LogP contribution in [-0.2, 0) is 11.3 Å². The topological polar surface area (TPSA) is 86.9 Å². The molecule has 0 radical (unpaired) electrons. The summed E-state index contributed by atoms with van der Waals surface area (Å²) in [6.07, 6.45) is 3.34. The van der Waals surface area contributed by atoms with Gasteiger partial charge in [-0.3, -0.25) is 14.3 Å². The number of fused-ring (bicyclic) bond motifs is 3. The van der Waals surface area contributed by atoms with Gasteiger partial charge in [0, 0.05) is 29.3 Å². The molecule has 4 rings (SSSR count). The Balaban J connectivity index is 1.80. The van der Waals surface area contributed by atoms with Crippen molar-refractivity contribution >= 4 is 22.5 Å². The summed E-state index contributed by atoms with van der Waals surface area (Å²) in [6, 6.07) is 5.27. The maximum absolute atomic E-state index is 13.1. The highest BCUT2D eigenvalue weighted by Crippen LogP contribution is 2.35. The van der Waals surface area contributed by atoms with Crippen LogP contribution in [0.25, 0.3) is 16.6 Å². The third kappa shape index (κ3) is 3.75. The predicted molar refractivity (Wildman–Crippen MR) is 119 cm³/mol. The molecule has 0 saturated heterocycles. The van der Waals surface area contributed by atoms with E-state index in [-0.39, 0.29) is 24.1 Å². The van der Waals surface area contributed by atoms with Crippen LogP contribution in [0.3, 0.4) is 0 Å². The number of carbonyl (C=O) groups is 1. The Morgan fingerprint density at radius 2 is 1.87 bits per heavy atom. The van der Waals surface area contributed by atoms with Gasteiger partial charge >= 0.3 is 0 Å². The average Bonchev–Trinajstić information content (AvgIpc) is 3.03. The molecule has 3 atom stereocenters. The van der Waals surface area contributed by atoms with Crippen LogP contribution in [0, 0.1) is 18.8 Å². The molecule has 8 nitrogen and oxygen atoms in total. The fourth-order valence-corrected chi connectivity index (χ4v) is 4.77. The number of carbonyl (C=O) groups excluding carboxylic acids is 1. The lowest BCUT2D eigenvalue weighted by Crippen LogP contribution is -2.45. The van der Waals surface area contributed by atoms with E-state index in [1.807, 2.05) is 22.2 Å². The first-order valence-corrected chi connectivity index (χ1v) is 10.8. The minimum Gasteiger partial charge on any atom is -0.493 e. The van der Waals surface area contributed by atoms with Crippen molar-refractivity contribution in [3.05, 3.63) is 34.2 Å². The lowest BCUT2D eigenvalue weighted by atomic mass is 9.78. The second kappa shape index (κ2) is 8.24. The van der Waals surface area contributed by atoms with Crippen LogP contribution in [0.5, 0.6) is 11.5 Å². The van der Waals surface area contributed by atoms with Gasteiger partial charge in [-0.15, -0.1) is 0 Å². The van der Waals surface area contributed by atoms with Gasteiger partial charge in [0.2, 0.25) is 5.91 Å². The number of amides is 1. The zero-order chi connectivity index (χ0) is 22.3. The van der Waals surface area contributed by atoms with Gasteiger partial charge in [-0.2, -0.15) is 4.98 Å². The molecule has 0 aliphatic heterocycles. The summed E-state index contributed by atoms with van der Waals surface area (Å²) in [6.45, 7) is 6.41. The van der Waals surface area contributed by atoms with Gasteiger partial charge in [-0.1, -0.05) is 26.7 Å². The molecule has 1 amide bonds. The van der Waals surface area contributed by atoms with Gasteiger partial charge in [-0.05, 0) is 31.2 Å². The SMILES string of the molecule is COc1cc2c(cc1OC)n(CC(=O)N[C@@H]1CCC[C@H](C)[C@@H]1C)n1c(C)cc(=O)nc21. The Kier molecular flexibility index (Phi) is 5.64. The summed E-state index contributed by atoms with van der Waals surface area (Å²) in [7, 11) is 3.13. The molecule has 2 heterocycles. The number of ether oxygens (including phenoxy) is 2. The van der Waals surface area contributed by atoms with E-state index in [0.29, 0.717) is 34.7 Å². The number of hydrogen-bond acceptors (Lipinski definition) is 5. The van der Waals surface area contributed by atoms with Crippen LogP contribution in [-0.4, -0.2) is 40.3 Å². The number of aromatic nitrogens is 3. The van der Waals surface area contributed by atoms with E-state index in [9.17, 15) is 9.59 Å². The van der Waals surface area contributed by atoms with Crippen LogP contribution in [0.15, 0.2) is 23.0 Å². The van der Waals surface area contributed by atoms with Gasteiger partial charge in [0.1, 0.15) is 6.54 Å². The van der Waals surface area contributed by atoms with Crippen molar-refractivity contribution in [2.24, 2.45) is 11.8 Å². The summed E-state index contributed by atoms with van der Waals surface area (Å²) in [4.78, 5) is 29.4. The third-order valence-corrected chi connectivity index (χ3v) is 6.69. The fraction of sp³-hybridized carbons (Fsp3) is 0.522. The Hall–Kier alpha value is -3.03. The molecule has 1 fully saturated rings. The first kappa shape index (κ1) is 21.2. The fourth-order valence-electron chi connectivity index (χ4n) is 4.77. The summed E-state index contributed by atoms with van der Waals surface area (Å²) >= 11 is 0. The van der Waals surface area contributed by atoms with E-state index in [0.717, 1.165) is 23.7 Å². The second-order valence-corrected chi connectivity index (χ2v) is 8.59. The molecular weight excluding hydrogens is 396 g/mol. The second-order valence-electron chi connectivity index (χ2n) is 8.59. The summed E-state index contributed by atoms with van der Waals surface area (Å²) in [5.74, 6) is 2.08. The van der Waals surface area contributed by atoms with Gasteiger partial charge in [0.15, 0.2) is 17.1 Å². The van der Waals surface area contributed by atoms with Gasteiger partial charge in [0.05, 0.1) is 19.7 Å². The van der Waals surface area contributed by atoms with Crippen molar-refractivity contribution in [1.29, 1.82) is 0 Å². The lowest BCUT2D eigenvalue weighted by Gasteiger charge is -2.34. The number of nitrogens with one attached hydrogen (secondary N) is 1. The molecule has 31 heavy (non-hydrogen) atoms. The average molecular weight is 427 g/mol. The van der Waals surface area contributed by atoms with E-state index in [4.69, 9.17) is 9.47 Å². The first-order valence-electron chi connectivity index (χ1n) is 10.8. The molecule has 3 aromatic rings. The smallest absolute Gasteiger partial charge is 0.273 e. The zero-order valence-electron chi connectivity index (χ0n) is 18.8. The molecule has 1 aliphatic carbocycles. The van der Waals surface area contributed by atoms with Crippen LogP contribution >= 0.6 is 0 Å². The summed E-state index contributed by atoms with van der Waals surface area (Å²) < 4.78 is 14.6. The summed E-state index contributed by atoms with van der Waals surface area (Å²) in [5, 5.41) is 3.97. The minimum atomic E-state index is -0.319. The molecular formula is C23H30N4O4. The molecule has 1 N–H and O–H groups in total. The Labute approximate surface area is 181 Å². The monoisotopic (exact) mass is 426 g/mol. The number of benzene rings is 1. The van der Waals surface area contributed by atoms with E-state index in [2.05, 4.69) is 24.1 Å². The standard InChI is InChI=1S/C23H30N4O4/c1-13-7-6-8-17(15(13)3)24-22(29)12-26-18-11-20(31-5)19(30-4)10-16(18)23-25-21(28)9-14(2)27(23)26/h9-11,13,15,17H,6-8,12H2,1-5H3,(H,24,29)/t13-,15-,17+/m0/s1. The number of nitrogens with zero attached hydrogens (tertiary/aromatic N) is 3. The molecule has 2 aromatic heterocycles. The van der Waals surface area contributed by atoms with Crippen LogP contribution in [0.2, 0.25) is 0 Å². The van der Waals surface area contributed by atoms with Crippen LogP contribution < -0.4 is 20.3 Å². The molecule has 1 aliphatic rings. The van der Waals surface area contributed by atoms with Crippen molar-refractivity contribution in [3.8, 4) is 11.5 Å². The maximum Gasteiger partial charge on any atom is 0.273 e. The number of hydrogen-bond donors (Lipinski definition) is 1. The van der Waals surface area contributed by atoms with Crippen LogP contribution in [0.1, 0.15) is 38.8 Å². The van der Waals surface area contributed by atoms with Crippen molar-refractivity contribution in [3.63, 3.8) is 0 Å². The molecule has 8 heteroatoms. The normalized spacial score (nSPS) is 21.4. The van der Waals surface area contributed by atoms with E-state index in [1.165, 1.54) is 12.5 Å². The number of rotatable bonds is 5. The van der Waals surface area contributed by atoms with E-state index >= 15 is 0 Å². The van der Waals surface area contributed by atoms with Gasteiger partial charge in [-0.25, -0.2) is 4.52 Å². The molecule has 1 saturated carbocycles. The number of aryl methyl sites for hydroxylation is 1. The van der Waals surface area contributed by atoms with E-state index < -0.39 is 0 Å². The highest BCUT2D eigenvalue weighted by Gasteiger charge is 2.28. The Morgan fingerprint density at radius 1 is 1.16 bits per heavy atom. The zero-order valence-corrected chi connectivity index (χ0v) is 18.8. The Bertz CT molecular complexity index is 1200. The predicted octanol–water partition coefficient (Wildman–Crippen LogP) is 2.92. The maximum atomic E-state index is 13.1. The van der Waals surface area contributed by atoms with Gasteiger partial charge < -0.3 is 14.8 Å². The molecule has 0 unspecified atom stereocenters. The third-order valence-electron chi connectivity index (χ3n) is 6.69. The summed E-state index contributed by atoms with van der Waals surface area (Å²) in [5.41, 5.74) is 1.63. The van der Waals surface area contributed by atoms with Gasteiger partial charge in [0.25, 0.3) is 5.56 Å². The molecule has 166 valence electrons. The van der Waals surface area contributed by atoms with Crippen molar-refractivity contribution < 1.29 is 14.3 Å². The minimum absolute atomic E-state index is 0.0577. The first-order chi connectivity index (χ1) is 14.8. The van der Waals surface area contributed by atoms with E-state index in [1.54, 1.807) is 20.3 Å². The molecule has 0 spiro atoms. The van der Waals surface area contributed by atoms with Crippen molar-refractivity contribution in [2.45, 2.75) is 52.6 Å². The number of methoxy groups -OCH3 is 2. The van der Waals surface area contributed by atoms with Crippen molar-refractivity contribution in [1.82, 2.24) is 19.5 Å².